The minimum absolute atomic E-state index is 0.0354. The average molecular weight is 326 g/mol. The molecule has 1 saturated carbocycles. The molecule has 2 aromatic rings. The predicted molar refractivity (Wildman–Crippen MR) is 95.9 cm³/mol. The summed E-state index contributed by atoms with van der Waals surface area (Å²) in [5.74, 6) is 0.0354. The van der Waals surface area contributed by atoms with Crippen molar-refractivity contribution in [3.63, 3.8) is 0 Å². The molecule has 0 saturated heterocycles. The highest BCUT2D eigenvalue weighted by Gasteiger charge is 2.30. The quantitative estimate of drug-likeness (QED) is 0.888. The molecule has 0 radical (unpaired) electrons. The van der Waals surface area contributed by atoms with Crippen LogP contribution in [0, 0.1) is 20.8 Å². The summed E-state index contributed by atoms with van der Waals surface area (Å²) in [6.45, 7) is 7.23. The number of carbonyl (C=O) groups is 1. The van der Waals surface area contributed by atoms with E-state index < -0.39 is 0 Å². The lowest BCUT2D eigenvalue weighted by Gasteiger charge is -2.21. The zero-order valence-electron chi connectivity index (χ0n) is 15.0. The van der Waals surface area contributed by atoms with E-state index in [0.717, 1.165) is 23.6 Å². The van der Waals surface area contributed by atoms with Gasteiger partial charge >= 0.3 is 0 Å². The molecule has 128 valence electrons. The van der Waals surface area contributed by atoms with Gasteiger partial charge in [0, 0.05) is 19.6 Å². The lowest BCUT2D eigenvalue weighted by molar-refractivity contribution is -0.117. The molecule has 5 nitrogen and oxygen atoms in total. The van der Waals surface area contributed by atoms with E-state index in [-0.39, 0.29) is 5.91 Å². The number of nitrogens with zero attached hydrogens (tertiary/aromatic N) is 3. The van der Waals surface area contributed by atoms with Gasteiger partial charge in [-0.1, -0.05) is 29.8 Å². The van der Waals surface area contributed by atoms with E-state index in [1.165, 1.54) is 24.0 Å². The SMILES string of the molecule is Cc1ccc(CN(CC(=O)Nc2c(C)nn(C)c2C)C2CC2)cc1. The molecule has 0 bridgehead atoms. The number of anilines is 1. The van der Waals surface area contributed by atoms with Gasteiger partial charge in [-0.25, -0.2) is 0 Å². The Morgan fingerprint density at radius 3 is 2.46 bits per heavy atom. The smallest absolute Gasteiger partial charge is 0.238 e. The fraction of sp³-hybridized carbons (Fsp3) is 0.474. The molecular weight excluding hydrogens is 300 g/mol. The normalized spacial score (nSPS) is 14.2. The van der Waals surface area contributed by atoms with Crippen LogP contribution in [-0.4, -0.2) is 33.2 Å². The minimum Gasteiger partial charge on any atom is -0.322 e. The number of benzene rings is 1. The van der Waals surface area contributed by atoms with Crippen molar-refractivity contribution in [3.05, 3.63) is 46.8 Å². The first-order valence-corrected chi connectivity index (χ1v) is 8.53. The Bertz CT molecular complexity index is 729. The Hall–Kier alpha value is -2.14. The number of aromatic nitrogens is 2. The molecule has 1 amide bonds. The van der Waals surface area contributed by atoms with Crippen molar-refractivity contribution in [2.45, 2.75) is 46.2 Å². The van der Waals surface area contributed by atoms with Crippen molar-refractivity contribution in [1.82, 2.24) is 14.7 Å². The highest BCUT2D eigenvalue weighted by atomic mass is 16.2. The molecule has 0 aliphatic heterocycles. The summed E-state index contributed by atoms with van der Waals surface area (Å²) in [4.78, 5) is 14.8. The molecule has 1 aromatic heterocycles. The minimum atomic E-state index is 0.0354. The van der Waals surface area contributed by atoms with Gasteiger partial charge < -0.3 is 5.32 Å². The van der Waals surface area contributed by atoms with E-state index in [4.69, 9.17) is 0 Å². The zero-order chi connectivity index (χ0) is 17.3. The number of hydrogen-bond acceptors (Lipinski definition) is 3. The second-order valence-corrected chi connectivity index (χ2v) is 6.84. The van der Waals surface area contributed by atoms with Gasteiger partial charge in [0.2, 0.25) is 5.91 Å². The summed E-state index contributed by atoms with van der Waals surface area (Å²) in [6, 6.07) is 9.09. The van der Waals surface area contributed by atoms with Gasteiger partial charge in [0.25, 0.3) is 0 Å². The van der Waals surface area contributed by atoms with E-state index in [2.05, 4.69) is 46.5 Å². The van der Waals surface area contributed by atoms with E-state index in [1.807, 2.05) is 20.9 Å². The third-order valence-electron chi connectivity index (χ3n) is 4.69. The Morgan fingerprint density at radius 1 is 1.25 bits per heavy atom. The highest BCUT2D eigenvalue weighted by Crippen LogP contribution is 2.28. The first-order chi connectivity index (χ1) is 11.4. The molecule has 24 heavy (non-hydrogen) atoms. The van der Waals surface area contributed by atoms with Gasteiger partial charge in [-0.2, -0.15) is 5.10 Å². The van der Waals surface area contributed by atoms with Crippen molar-refractivity contribution in [3.8, 4) is 0 Å². The largest absolute Gasteiger partial charge is 0.322 e. The maximum atomic E-state index is 12.5. The van der Waals surface area contributed by atoms with Gasteiger partial charge in [-0.3, -0.25) is 14.4 Å². The molecular formula is C19H26N4O. The first-order valence-electron chi connectivity index (χ1n) is 8.53. The van der Waals surface area contributed by atoms with E-state index in [0.29, 0.717) is 12.6 Å². The van der Waals surface area contributed by atoms with Crippen molar-refractivity contribution in [2.24, 2.45) is 7.05 Å². The van der Waals surface area contributed by atoms with Crippen LogP contribution in [0.2, 0.25) is 0 Å². The Kier molecular flexibility index (Phi) is 4.71. The van der Waals surface area contributed by atoms with Crippen LogP contribution in [-0.2, 0) is 18.4 Å². The lowest BCUT2D eigenvalue weighted by atomic mass is 10.1. The molecule has 1 aliphatic rings. The zero-order valence-corrected chi connectivity index (χ0v) is 15.0. The summed E-state index contributed by atoms with van der Waals surface area (Å²) in [5, 5.41) is 7.40. The number of rotatable bonds is 6. The first kappa shape index (κ1) is 16.7. The lowest BCUT2D eigenvalue weighted by Crippen LogP contribution is -2.34. The molecule has 1 aliphatic carbocycles. The van der Waals surface area contributed by atoms with Gasteiger partial charge in [0.15, 0.2) is 0 Å². The third kappa shape index (κ3) is 3.85. The molecule has 1 N–H and O–H groups in total. The molecule has 1 heterocycles. The number of carbonyl (C=O) groups excluding carboxylic acids is 1. The predicted octanol–water partition coefficient (Wildman–Crippen LogP) is 2.95. The van der Waals surface area contributed by atoms with Crippen molar-refractivity contribution < 1.29 is 4.79 Å². The Morgan fingerprint density at radius 2 is 1.92 bits per heavy atom. The second kappa shape index (κ2) is 6.77. The maximum Gasteiger partial charge on any atom is 0.238 e. The van der Waals surface area contributed by atoms with Gasteiger partial charge in [-0.15, -0.1) is 0 Å². The van der Waals surface area contributed by atoms with Crippen LogP contribution in [0.5, 0.6) is 0 Å². The van der Waals surface area contributed by atoms with Gasteiger partial charge in [-0.05, 0) is 39.2 Å². The van der Waals surface area contributed by atoms with Gasteiger partial charge in [0.05, 0.1) is 23.6 Å². The fourth-order valence-electron chi connectivity index (χ4n) is 3.00. The van der Waals surface area contributed by atoms with E-state index >= 15 is 0 Å². The molecule has 5 heteroatoms. The van der Waals surface area contributed by atoms with Crippen molar-refractivity contribution in [2.75, 3.05) is 11.9 Å². The topological polar surface area (TPSA) is 50.2 Å². The van der Waals surface area contributed by atoms with E-state index in [9.17, 15) is 4.79 Å². The molecule has 1 aromatic carbocycles. The molecule has 3 rings (SSSR count). The molecule has 1 fully saturated rings. The van der Waals surface area contributed by atoms with Gasteiger partial charge in [0.1, 0.15) is 0 Å². The number of hydrogen-bond donors (Lipinski definition) is 1. The van der Waals surface area contributed by atoms with Crippen LogP contribution in [0.15, 0.2) is 24.3 Å². The van der Waals surface area contributed by atoms with Crippen molar-refractivity contribution >= 4 is 11.6 Å². The van der Waals surface area contributed by atoms with Crippen LogP contribution in [0.4, 0.5) is 5.69 Å². The summed E-state index contributed by atoms with van der Waals surface area (Å²) in [5.41, 5.74) is 5.21. The van der Waals surface area contributed by atoms with Crippen LogP contribution >= 0.6 is 0 Å². The molecule has 0 atom stereocenters. The van der Waals surface area contributed by atoms with Crippen LogP contribution < -0.4 is 5.32 Å². The van der Waals surface area contributed by atoms with Crippen LogP contribution in [0.3, 0.4) is 0 Å². The summed E-state index contributed by atoms with van der Waals surface area (Å²) in [6.07, 6.45) is 2.37. The number of amides is 1. The highest BCUT2D eigenvalue weighted by molar-refractivity contribution is 5.93. The second-order valence-electron chi connectivity index (χ2n) is 6.84. The summed E-state index contributed by atoms with van der Waals surface area (Å²) in [7, 11) is 1.89. The number of nitrogens with one attached hydrogen (secondary N) is 1. The Labute approximate surface area is 143 Å². The summed E-state index contributed by atoms with van der Waals surface area (Å²) < 4.78 is 1.80. The fourth-order valence-corrected chi connectivity index (χ4v) is 3.00. The van der Waals surface area contributed by atoms with Crippen molar-refractivity contribution in [1.29, 1.82) is 0 Å². The molecule has 0 unspecified atom stereocenters. The third-order valence-corrected chi connectivity index (χ3v) is 4.69. The average Bonchev–Trinajstić information content (AvgIpc) is 3.34. The Balaban J connectivity index is 1.65. The van der Waals surface area contributed by atoms with Crippen LogP contribution in [0.25, 0.3) is 0 Å². The summed E-state index contributed by atoms with van der Waals surface area (Å²) >= 11 is 0. The monoisotopic (exact) mass is 326 g/mol. The van der Waals surface area contributed by atoms with E-state index in [1.54, 1.807) is 4.68 Å². The maximum absolute atomic E-state index is 12.5. The standard InChI is InChI=1S/C19H26N4O/c1-13-5-7-16(8-6-13)11-23(17-9-10-17)12-18(24)20-19-14(2)21-22(4)15(19)3/h5-8,17H,9-12H2,1-4H3,(H,20,24). The van der Waals surface area contributed by atoms with Crippen LogP contribution in [0.1, 0.15) is 35.4 Å². The molecule has 0 spiro atoms. The number of aryl methyl sites for hydroxylation is 3.